The molecule has 0 spiro atoms. The van der Waals surface area contributed by atoms with Gasteiger partial charge < -0.3 is 0 Å². The predicted molar refractivity (Wildman–Crippen MR) is 64.1 cm³/mol. The smallest absolute Gasteiger partial charge is 0.232 e. The molecular formula is C11H12N2O3S. The first kappa shape index (κ1) is 13.2. The monoisotopic (exact) mass is 252 g/mol. The second kappa shape index (κ2) is 5.46. The molecule has 1 aromatic rings. The zero-order valence-corrected chi connectivity index (χ0v) is 10.1. The van der Waals surface area contributed by atoms with Crippen molar-refractivity contribution in [2.75, 3.05) is 10.5 Å². The fraction of sp³-hybridized carbons (Fsp3) is 0.273. The maximum absolute atomic E-state index is 11.3. The van der Waals surface area contributed by atoms with Crippen molar-refractivity contribution in [3.05, 3.63) is 29.8 Å². The minimum Gasteiger partial charge on any atom is -0.293 e. The van der Waals surface area contributed by atoms with Gasteiger partial charge in [-0.3, -0.25) is 9.52 Å². The Hall–Kier alpha value is -1.87. The van der Waals surface area contributed by atoms with E-state index in [1.165, 1.54) is 31.2 Å². The molecule has 0 aliphatic rings. The molecule has 90 valence electrons. The number of carbonyl (C=O) groups excluding carboxylic acids is 1. The average molecular weight is 252 g/mol. The highest BCUT2D eigenvalue weighted by molar-refractivity contribution is 7.92. The molecule has 0 radical (unpaired) electrons. The van der Waals surface area contributed by atoms with Crippen LogP contribution >= 0.6 is 0 Å². The molecule has 0 atom stereocenters. The van der Waals surface area contributed by atoms with E-state index in [2.05, 4.69) is 4.72 Å². The van der Waals surface area contributed by atoms with Gasteiger partial charge in [0.2, 0.25) is 10.0 Å². The van der Waals surface area contributed by atoms with Crippen molar-refractivity contribution in [2.45, 2.75) is 13.3 Å². The first-order valence-electron chi connectivity index (χ1n) is 4.99. The number of hydrogen-bond acceptors (Lipinski definition) is 4. The molecule has 5 nitrogen and oxygen atoms in total. The zero-order chi connectivity index (χ0) is 12.9. The number of nitrogens with zero attached hydrogens (tertiary/aromatic N) is 1. The van der Waals surface area contributed by atoms with Crippen LogP contribution in [0.4, 0.5) is 5.69 Å². The third-order valence-electron chi connectivity index (χ3n) is 2.10. The normalized spacial score (nSPS) is 10.6. The van der Waals surface area contributed by atoms with Gasteiger partial charge in [-0.1, -0.05) is 0 Å². The largest absolute Gasteiger partial charge is 0.293 e. The molecule has 1 rings (SSSR count). The molecule has 0 aromatic heterocycles. The summed E-state index contributed by atoms with van der Waals surface area (Å²) >= 11 is 0. The van der Waals surface area contributed by atoms with E-state index in [1.54, 1.807) is 6.07 Å². The highest BCUT2D eigenvalue weighted by Crippen LogP contribution is 2.12. The first-order chi connectivity index (χ1) is 7.98. The third-order valence-corrected chi connectivity index (χ3v) is 3.41. The van der Waals surface area contributed by atoms with E-state index >= 15 is 0 Å². The number of nitrogens with one attached hydrogen (secondary N) is 1. The van der Waals surface area contributed by atoms with Gasteiger partial charge in [-0.25, -0.2) is 8.42 Å². The van der Waals surface area contributed by atoms with Gasteiger partial charge in [-0.15, -0.1) is 0 Å². The molecule has 1 aromatic carbocycles. The van der Waals surface area contributed by atoms with Crippen LogP contribution in [0.2, 0.25) is 0 Å². The van der Waals surface area contributed by atoms with Crippen LogP contribution < -0.4 is 4.72 Å². The van der Waals surface area contributed by atoms with Crippen molar-refractivity contribution in [3.63, 3.8) is 0 Å². The Balaban J connectivity index is 2.83. The Kier molecular flexibility index (Phi) is 4.24. The Morgan fingerprint density at radius 1 is 1.35 bits per heavy atom. The molecule has 0 aliphatic carbocycles. The lowest BCUT2D eigenvalue weighted by Gasteiger charge is -2.06. The maximum Gasteiger partial charge on any atom is 0.232 e. The van der Waals surface area contributed by atoms with Gasteiger partial charge in [-0.05, 0) is 31.2 Å². The van der Waals surface area contributed by atoms with Crippen molar-refractivity contribution < 1.29 is 13.2 Å². The molecule has 1 N–H and O–H groups in total. The van der Waals surface area contributed by atoms with E-state index in [0.717, 1.165) is 0 Å². The molecular weight excluding hydrogens is 240 g/mol. The molecule has 0 saturated heterocycles. The average Bonchev–Trinajstić information content (AvgIpc) is 2.30. The predicted octanol–water partition coefficient (Wildman–Crippen LogP) is 1.54. The number of hydrogen-bond donors (Lipinski definition) is 1. The summed E-state index contributed by atoms with van der Waals surface area (Å²) in [5.74, 6) is -0.292. The summed E-state index contributed by atoms with van der Waals surface area (Å²) in [4.78, 5) is 11.3. The number of sulfonamides is 1. The summed E-state index contributed by atoms with van der Waals surface area (Å²) in [6, 6.07) is 7.75. The molecule has 0 aliphatic heterocycles. The summed E-state index contributed by atoms with van der Waals surface area (Å²) in [5, 5.41) is 8.37. The van der Waals surface area contributed by atoms with Crippen molar-refractivity contribution >= 4 is 21.5 Å². The van der Waals surface area contributed by atoms with E-state index in [9.17, 15) is 13.2 Å². The van der Waals surface area contributed by atoms with Crippen molar-refractivity contribution in [3.8, 4) is 6.07 Å². The Morgan fingerprint density at radius 3 is 2.41 bits per heavy atom. The van der Waals surface area contributed by atoms with Crippen molar-refractivity contribution in [2.24, 2.45) is 0 Å². The number of rotatable bonds is 5. The Bertz CT molecular complexity index is 541. The van der Waals surface area contributed by atoms with Crippen LogP contribution in [-0.2, 0) is 10.0 Å². The lowest BCUT2D eigenvalue weighted by molar-refractivity contribution is 0.0998. The summed E-state index contributed by atoms with van der Waals surface area (Å²) in [6.07, 6.45) is -0.181. The molecule has 17 heavy (non-hydrogen) atoms. The van der Waals surface area contributed by atoms with Crippen molar-refractivity contribution in [1.82, 2.24) is 0 Å². The van der Waals surface area contributed by atoms with Gasteiger partial charge in [-0.2, -0.15) is 5.26 Å². The molecule has 6 heteroatoms. The first-order valence-corrected chi connectivity index (χ1v) is 6.64. The van der Waals surface area contributed by atoms with Crippen LogP contribution in [0.3, 0.4) is 0 Å². The number of carbonyl (C=O) groups is 1. The fourth-order valence-electron chi connectivity index (χ4n) is 1.15. The Labute approximate surface area is 100 Å². The van der Waals surface area contributed by atoms with Gasteiger partial charge in [0.15, 0.2) is 5.78 Å². The third kappa shape index (κ3) is 3.89. The lowest BCUT2D eigenvalue weighted by atomic mass is 10.1. The van der Waals surface area contributed by atoms with Crippen LogP contribution in [0.1, 0.15) is 23.7 Å². The van der Waals surface area contributed by atoms with E-state index < -0.39 is 10.0 Å². The molecule has 0 bridgehead atoms. The van der Waals surface area contributed by atoms with Gasteiger partial charge in [0.1, 0.15) is 0 Å². The number of Topliss-reactive ketones (excluding diaryl/α,β-unsaturated/α-hetero) is 1. The van der Waals surface area contributed by atoms with Crippen LogP contribution in [0.15, 0.2) is 24.3 Å². The number of ketones is 1. The second-order valence-electron chi connectivity index (χ2n) is 3.34. The second-order valence-corrected chi connectivity index (χ2v) is 5.35. The SMILES string of the molecule is CCS(=O)(=O)Nc1ccc(C(=O)CC#N)cc1. The van der Waals surface area contributed by atoms with Gasteiger partial charge in [0, 0.05) is 11.3 Å². The fourth-order valence-corrected chi connectivity index (χ4v) is 1.79. The standard InChI is InChI=1S/C11H12N2O3S/c1-2-17(15,16)13-10-5-3-9(4-6-10)11(14)7-8-12/h3-6,13H,2,7H2,1H3. The summed E-state index contributed by atoms with van der Waals surface area (Å²) in [5.41, 5.74) is 0.798. The van der Waals surface area contributed by atoms with E-state index in [4.69, 9.17) is 5.26 Å². The molecule has 0 saturated carbocycles. The molecule has 0 unspecified atom stereocenters. The minimum absolute atomic E-state index is 0.0118. The Morgan fingerprint density at radius 2 is 1.94 bits per heavy atom. The van der Waals surface area contributed by atoms with E-state index in [0.29, 0.717) is 11.3 Å². The van der Waals surface area contributed by atoms with Crippen molar-refractivity contribution in [1.29, 1.82) is 5.26 Å². The van der Waals surface area contributed by atoms with E-state index in [-0.39, 0.29) is 18.0 Å². The zero-order valence-electron chi connectivity index (χ0n) is 9.30. The quantitative estimate of drug-likeness (QED) is 0.805. The van der Waals surface area contributed by atoms with Crippen LogP contribution in [0, 0.1) is 11.3 Å². The molecule has 0 heterocycles. The molecule has 0 amide bonds. The molecule has 0 fully saturated rings. The van der Waals surface area contributed by atoms with E-state index in [1.807, 2.05) is 0 Å². The minimum atomic E-state index is -3.30. The number of benzene rings is 1. The number of anilines is 1. The lowest BCUT2D eigenvalue weighted by Crippen LogP contribution is -2.14. The van der Waals surface area contributed by atoms with Crippen LogP contribution in [-0.4, -0.2) is 20.0 Å². The topological polar surface area (TPSA) is 87.0 Å². The summed E-state index contributed by atoms with van der Waals surface area (Å²) in [7, 11) is -3.30. The summed E-state index contributed by atoms with van der Waals surface area (Å²) < 4.78 is 24.9. The summed E-state index contributed by atoms with van der Waals surface area (Å²) in [6.45, 7) is 1.53. The van der Waals surface area contributed by atoms with Gasteiger partial charge in [0.25, 0.3) is 0 Å². The highest BCUT2D eigenvalue weighted by atomic mass is 32.2. The van der Waals surface area contributed by atoms with Gasteiger partial charge in [0.05, 0.1) is 18.2 Å². The number of nitriles is 1. The highest BCUT2D eigenvalue weighted by Gasteiger charge is 2.08. The van der Waals surface area contributed by atoms with Crippen LogP contribution in [0.25, 0.3) is 0 Å². The van der Waals surface area contributed by atoms with Gasteiger partial charge >= 0.3 is 0 Å². The van der Waals surface area contributed by atoms with Crippen LogP contribution in [0.5, 0.6) is 0 Å². The maximum atomic E-state index is 11.3.